The average molecular weight is 498 g/mol. The zero-order chi connectivity index (χ0) is 25.8. The van der Waals surface area contributed by atoms with Crippen LogP contribution in [-0.4, -0.2) is 26.8 Å². The number of anilines is 1. The summed E-state index contributed by atoms with van der Waals surface area (Å²) >= 11 is 0. The first-order valence-electron chi connectivity index (χ1n) is 12.0. The Kier molecular flexibility index (Phi) is 6.85. The number of nitrogens with one attached hydrogen (secondary N) is 1. The molecule has 9 nitrogen and oxygen atoms in total. The molecule has 188 valence electrons. The first-order valence-corrected chi connectivity index (χ1v) is 12.0. The lowest BCUT2D eigenvalue weighted by Gasteiger charge is -2.30. The summed E-state index contributed by atoms with van der Waals surface area (Å²) in [6.45, 7) is 4.25. The molecule has 0 saturated heterocycles. The SMILES string of the molecule is CC(C)c1ccc(N(C(=O)Cn2nnc3ccccc32)[C@H](C(=O)NCc2ccco2)c2ccco2)cc1. The fraction of sp³-hybridized carbons (Fsp3) is 0.214. The molecular formula is C28H27N5O4. The number of furan rings is 2. The molecule has 1 atom stereocenters. The summed E-state index contributed by atoms with van der Waals surface area (Å²) in [7, 11) is 0. The number of hydrogen-bond donors (Lipinski definition) is 1. The van der Waals surface area contributed by atoms with E-state index >= 15 is 0 Å². The predicted molar refractivity (Wildman–Crippen MR) is 138 cm³/mol. The molecule has 3 aromatic heterocycles. The lowest BCUT2D eigenvalue weighted by Crippen LogP contribution is -2.45. The highest BCUT2D eigenvalue weighted by Gasteiger charge is 2.35. The zero-order valence-electron chi connectivity index (χ0n) is 20.6. The van der Waals surface area contributed by atoms with Gasteiger partial charge in [-0.1, -0.05) is 43.3 Å². The lowest BCUT2D eigenvalue weighted by atomic mass is 10.0. The van der Waals surface area contributed by atoms with Gasteiger partial charge in [0.25, 0.3) is 5.91 Å². The number of nitrogens with zero attached hydrogens (tertiary/aromatic N) is 4. The molecule has 0 bridgehead atoms. The highest BCUT2D eigenvalue weighted by molar-refractivity contribution is 6.01. The van der Waals surface area contributed by atoms with Crippen LogP contribution in [0.15, 0.2) is 94.2 Å². The number of para-hydroxylation sites is 1. The molecule has 0 saturated carbocycles. The van der Waals surface area contributed by atoms with Gasteiger partial charge in [-0.15, -0.1) is 5.10 Å². The van der Waals surface area contributed by atoms with Crippen molar-refractivity contribution >= 4 is 28.5 Å². The number of hydrogen-bond acceptors (Lipinski definition) is 6. The normalized spacial score (nSPS) is 12.1. The van der Waals surface area contributed by atoms with Gasteiger partial charge in [0.1, 0.15) is 23.6 Å². The van der Waals surface area contributed by atoms with E-state index in [1.54, 1.807) is 30.5 Å². The Labute approximate surface area is 213 Å². The maximum atomic E-state index is 13.9. The van der Waals surface area contributed by atoms with Crippen LogP contribution in [0.5, 0.6) is 0 Å². The Morgan fingerprint density at radius 3 is 2.41 bits per heavy atom. The fourth-order valence-electron chi connectivity index (χ4n) is 4.20. The maximum absolute atomic E-state index is 13.9. The summed E-state index contributed by atoms with van der Waals surface area (Å²) in [5.74, 6) is 0.497. The highest BCUT2D eigenvalue weighted by Crippen LogP contribution is 2.30. The van der Waals surface area contributed by atoms with Crippen LogP contribution in [0.3, 0.4) is 0 Å². The molecule has 0 aliphatic heterocycles. The van der Waals surface area contributed by atoms with Crippen molar-refractivity contribution in [3.8, 4) is 0 Å². The molecule has 2 aromatic carbocycles. The van der Waals surface area contributed by atoms with Crippen LogP contribution in [0, 0.1) is 0 Å². The van der Waals surface area contributed by atoms with E-state index in [4.69, 9.17) is 8.83 Å². The van der Waals surface area contributed by atoms with Crippen molar-refractivity contribution in [2.24, 2.45) is 0 Å². The van der Waals surface area contributed by atoms with E-state index in [0.717, 1.165) is 11.1 Å². The molecule has 1 N–H and O–H groups in total. The number of benzene rings is 2. The molecule has 9 heteroatoms. The highest BCUT2D eigenvalue weighted by atomic mass is 16.3. The summed E-state index contributed by atoms with van der Waals surface area (Å²) in [5, 5.41) is 11.2. The molecule has 37 heavy (non-hydrogen) atoms. The van der Waals surface area contributed by atoms with Crippen molar-refractivity contribution in [3.63, 3.8) is 0 Å². The van der Waals surface area contributed by atoms with Crippen LogP contribution in [0.25, 0.3) is 11.0 Å². The van der Waals surface area contributed by atoms with Gasteiger partial charge in [-0.3, -0.25) is 14.5 Å². The van der Waals surface area contributed by atoms with Crippen LogP contribution in [0.1, 0.15) is 42.9 Å². The second-order valence-electron chi connectivity index (χ2n) is 8.96. The summed E-state index contributed by atoms with van der Waals surface area (Å²) in [6, 6.07) is 20.9. The van der Waals surface area contributed by atoms with Gasteiger partial charge < -0.3 is 14.2 Å². The third-order valence-corrected chi connectivity index (χ3v) is 6.15. The molecule has 2 amide bonds. The minimum Gasteiger partial charge on any atom is -0.467 e. The number of aromatic nitrogens is 3. The summed E-state index contributed by atoms with van der Waals surface area (Å²) in [6.07, 6.45) is 3.03. The number of carbonyl (C=O) groups excluding carboxylic acids is 2. The van der Waals surface area contributed by atoms with Crippen molar-refractivity contribution in [2.75, 3.05) is 4.90 Å². The monoisotopic (exact) mass is 497 g/mol. The standard InChI is InChI=1S/C28H27N5O4/c1-19(2)20-11-13-21(14-12-20)33(26(34)18-32-24-9-4-3-8-23(24)30-31-32)27(25-10-6-16-37-25)28(35)29-17-22-7-5-15-36-22/h3-16,19,27H,17-18H2,1-2H3,(H,29,35)/t27-/m0/s1. The minimum atomic E-state index is -1.06. The fourth-order valence-corrected chi connectivity index (χ4v) is 4.20. The van der Waals surface area contributed by atoms with Gasteiger partial charge in [0.05, 0.1) is 24.6 Å². The smallest absolute Gasteiger partial charge is 0.251 e. The van der Waals surface area contributed by atoms with Gasteiger partial charge >= 0.3 is 0 Å². The molecule has 5 aromatic rings. The van der Waals surface area contributed by atoms with Crippen molar-refractivity contribution in [2.45, 2.75) is 38.9 Å². The molecule has 0 radical (unpaired) electrons. The average Bonchev–Trinajstić information content (AvgIpc) is 3.69. The van der Waals surface area contributed by atoms with Gasteiger partial charge in [-0.05, 0) is 60.0 Å². The van der Waals surface area contributed by atoms with Crippen molar-refractivity contribution in [3.05, 3.63) is 102 Å². The van der Waals surface area contributed by atoms with Crippen LogP contribution in [0.2, 0.25) is 0 Å². The molecule has 0 fully saturated rings. The Hall–Kier alpha value is -4.66. The predicted octanol–water partition coefficient (Wildman–Crippen LogP) is 4.83. The zero-order valence-corrected chi connectivity index (χ0v) is 20.6. The lowest BCUT2D eigenvalue weighted by molar-refractivity contribution is -0.127. The first kappa shape index (κ1) is 24.1. The Morgan fingerprint density at radius 1 is 0.946 bits per heavy atom. The topological polar surface area (TPSA) is 106 Å². The van der Waals surface area contributed by atoms with Crippen LogP contribution >= 0.6 is 0 Å². The number of fused-ring (bicyclic) bond motifs is 1. The van der Waals surface area contributed by atoms with Gasteiger partial charge in [-0.25, -0.2) is 4.68 Å². The largest absolute Gasteiger partial charge is 0.467 e. The number of rotatable bonds is 9. The van der Waals surface area contributed by atoms with Crippen LogP contribution in [-0.2, 0) is 22.7 Å². The van der Waals surface area contributed by atoms with Gasteiger partial charge in [0, 0.05) is 5.69 Å². The van der Waals surface area contributed by atoms with E-state index < -0.39 is 11.9 Å². The maximum Gasteiger partial charge on any atom is 0.251 e. The molecule has 0 aliphatic rings. The van der Waals surface area contributed by atoms with Gasteiger partial charge in [0.15, 0.2) is 6.04 Å². The quantitative estimate of drug-likeness (QED) is 0.313. The van der Waals surface area contributed by atoms with Crippen LogP contribution in [0.4, 0.5) is 5.69 Å². The van der Waals surface area contributed by atoms with Crippen molar-refractivity contribution < 1.29 is 18.4 Å². The summed E-state index contributed by atoms with van der Waals surface area (Å²) in [5.41, 5.74) is 3.09. The molecule has 3 heterocycles. The summed E-state index contributed by atoms with van der Waals surface area (Å²) < 4.78 is 12.6. The van der Waals surface area contributed by atoms with Gasteiger partial charge in [-0.2, -0.15) is 0 Å². The number of amides is 2. The van der Waals surface area contributed by atoms with E-state index in [9.17, 15) is 9.59 Å². The Morgan fingerprint density at radius 2 is 1.70 bits per heavy atom. The molecule has 0 spiro atoms. The van der Waals surface area contributed by atoms with Crippen molar-refractivity contribution in [1.29, 1.82) is 0 Å². The third kappa shape index (κ3) is 5.16. The van der Waals surface area contributed by atoms with E-state index in [1.165, 1.54) is 15.8 Å². The van der Waals surface area contributed by atoms with E-state index in [1.807, 2.05) is 48.5 Å². The molecule has 0 aliphatic carbocycles. The second-order valence-corrected chi connectivity index (χ2v) is 8.96. The first-order chi connectivity index (χ1) is 18.0. The molecular weight excluding hydrogens is 470 g/mol. The van der Waals surface area contributed by atoms with E-state index in [-0.39, 0.29) is 19.0 Å². The number of carbonyl (C=O) groups is 2. The van der Waals surface area contributed by atoms with E-state index in [0.29, 0.717) is 28.6 Å². The minimum absolute atomic E-state index is 0.116. The summed E-state index contributed by atoms with van der Waals surface area (Å²) in [4.78, 5) is 29.0. The molecule has 0 unspecified atom stereocenters. The van der Waals surface area contributed by atoms with Gasteiger partial charge in [0.2, 0.25) is 5.91 Å². The second kappa shape index (κ2) is 10.5. The Balaban J connectivity index is 1.53. The third-order valence-electron chi connectivity index (χ3n) is 6.15. The van der Waals surface area contributed by atoms with Crippen LogP contribution < -0.4 is 10.2 Å². The van der Waals surface area contributed by atoms with E-state index in [2.05, 4.69) is 29.5 Å². The van der Waals surface area contributed by atoms with Crippen molar-refractivity contribution in [1.82, 2.24) is 20.3 Å². The molecule has 5 rings (SSSR count). The Bertz CT molecular complexity index is 1470.